The van der Waals surface area contributed by atoms with Gasteiger partial charge in [0.05, 0.1) is 19.4 Å². The third kappa shape index (κ3) is 1.09. The highest BCUT2D eigenvalue weighted by atomic mass is 79.9. The maximum atomic E-state index is 9.66. The molecular weight excluding hydrogens is 212 g/mol. The van der Waals surface area contributed by atoms with E-state index in [1.54, 1.807) is 6.20 Å². The number of halogens is 1. The summed E-state index contributed by atoms with van der Waals surface area (Å²) < 4.78 is 5.65. The van der Waals surface area contributed by atoms with Crippen molar-refractivity contribution in [1.29, 1.82) is 0 Å². The SMILES string of the molecule is OC1(c2ncc(Br)[nH]2)COC1. The Labute approximate surface area is 71.7 Å². The van der Waals surface area contributed by atoms with Crippen molar-refractivity contribution >= 4 is 15.9 Å². The molecule has 0 aromatic carbocycles. The summed E-state index contributed by atoms with van der Waals surface area (Å²) in [6.07, 6.45) is 1.62. The molecule has 1 aromatic heterocycles. The lowest BCUT2D eigenvalue weighted by molar-refractivity contribution is -0.188. The van der Waals surface area contributed by atoms with Crippen LogP contribution in [0, 0.1) is 0 Å². The maximum absolute atomic E-state index is 9.66. The van der Waals surface area contributed by atoms with Crippen LogP contribution in [0.4, 0.5) is 0 Å². The van der Waals surface area contributed by atoms with E-state index >= 15 is 0 Å². The van der Waals surface area contributed by atoms with Gasteiger partial charge in [-0.15, -0.1) is 0 Å². The van der Waals surface area contributed by atoms with Gasteiger partial charge in [0.2, 0.25) is 0 Å². The number of ether oxygens (including phenoxy) is 1. The lowest BCUT2D eigenvalue weighted by atomic mass is 10.0. The molecule has 0 bridgehead atoms. The van der Waals surface area contributed by atoms with Crippen LogP contribution < -0.4 is 0 Å². The van der Waals surface area contributed by atoms with Crippen LogP contribution in [0.15, 0.2) is 10.8 Å². The molecule has 1 saturated heterocycles. The average molecular weight is 219 g/mol. The molecule has 0 radical (unpaired) electrons. The van der Waals surface area contributed by atoms with E-state index in [9.17, 15) is 5.11 Å². The Morgan fingerprint density at radius 3 is 2.82 bits per heavy atom. The molecule has 4 nitrogen and oxygen atoms in total. The molecule has 2 rings (SSSR count). The zero-order chi connectivity index (χ0) is 7.90. The van der Waals surface area contributed by atoms with Crippen LogP contribution in [0.3, 0.4) is 0 Å². The van der Waals surface area contributed by atoms with E-state index in [4.69, 9.17) is 4.74 Å². The highest BCUT2D eigenvalue weighted by Crippen LogP contribution is 2.27. The van der Waals surface area contributed by atoms with Crippen LogP contribution in [0.5, 0.6) is 0 Å². The monoisotopic (exact) mass is 218 g/mol. The van der Waals surface area contributed by atoms with E-state index in [1.807, 2.05) is 0 Å². The van der Waals surface area contributed by atoms with Gasteiger partial charge in [-0.3, -0.25) is 0 Å². The van der Waals surface area contributed by atoms with Crippen molar-refractivity contribution < 1.29 is 9.84 Å². The standard InChI is InChI=1S/C6H7BrN2O2/c7-4-1-8-5(9-4)6(10)2-11-3-6/h1,10H,2-3H2,(H,8,9). The minimum atomic E-state index is -0.883. The zero-order valence-corrected chi connectivity index (χ0v) is 7.26. The highest BCUT2D eigenvalue weighted by molar-refractivity contribution is 9.10. The third-order valence-corrected chi connectivity index (χ3v) is 2.07. The number of rotatable bonds is 1. The van der Waals surface area contributed by atoms with E-state index in [-0.39, 0.29) is 0 Å². The fourth-order valence-corrected chi connectivity index (χ4v) is 1.26. The summed E-state index contributed by atoms with van der Waals surface area (Å²) in [7, 11) is 0. The largest absolute Gasteiger partial charge is 0.377 e. The van der Waals surface area contributed by atoms with Gasteiger partial charge in [0, 0.05) is 0 Å². The second-order valence-electron chi connectivity index (χ2n) is 2.60. The Hall–Kier alpha value is -0.390. The zero-order valence-electron chi connectivity index (χ0n) is 5.67. The molecule has 1 aliphatic heterocycles. The number of hydrogen-bond acceptors (Lipinski definition) is 3. The predicted molar refractivity (Wildman–Crippen MR) is 41.0 cm³/mol. The summed E-state index contributed by atoms with van der Waals surface area (Å²) in [4.78, 5) is 6.87. The minimum Gasteiger partial charge on any atom is -0.377 e. The molecule has 60 valence electrons. The number of aromatic nitrogens is 2. The van der Waals surface area contributed by atoms with Gasteiger partial charge in [0.15, 0.2) is 5.60 Å². The van der Waals surface area contributed by atoms with E-state index in [0.29, 0.717) is 19.0 Å². The van der Waals surface area contributed by atoms with Crippen molar-refractivity contribution in [2.45, 2.75) is 5.60 Å². The smallest absolute Gasteiger partial charge is 0.168 e. The summed E-state index contributed by atoms with van der Waals surface area (Å²) in [5.41, 5.74) is -0.883. The quantitative estimate of drug-likeness (QED) is 0.718. The predicted octanol–water partition coefficient (Wildman–Crippen LogP) is 0.390. The fourth-order valence-electron chi connectivity index (χ4n) is 0.968. The topological polar surface area (TPSA) is 58.1 Å². The number of nitrogens with one attached hydrogen (secondary N) is 1. The minimum absolute atomic E-state index is 0.326. The molecule has 1 aliphatic rings. The van der Waals surface area contributed by atoms with Crippen molar-refractivity contribution in [2.24, 2.45) is 0 Å². The summed E-state index contributed by atoms with van der Waals surface area (Å²) in [6.45, 7) is 0.653. The fraction of sp³-hybridized carbons (Fsp3) is 0.500. The number of aromatic amines is 1. The van der Waals surface area contributed by atoms with Crippen molar-refractivity contribution in [3.05, 3.63) is 16.6 Å². The van der Waals surface area contributed by atoms with Gasteiger partial charge in [-0.2, -0.15) is 0 Å². The lowest BCUT2D eigenvalue weighted by Gasteiger charge is -2.34. The number of nitrogens with zero attached hydrogens (tertiary/aromatic N) is 1. The van der Waals surface area contributed by atoms with Gasteiger partial charge in [-0.25, -0.2) is 4.98 Å². The van der Waals surface area contributed by atoms with Gasteiger partial charge >= 0.3 is 0 Å². The Morgan fingerprint density at radius 1 is 1.73 bits per heavy atom. The average Bonchev–Trinajstić information content (AvgIpc) is 2.31. The van der Waals surface area contributed by atoms with Crippen LogP contribution in [-0.4, -0.2) is 28.3 Å². The normalized spacial score (nSPS) is 21.3. The van der Waals surface area contributed by atoms with Gasteiger partial charge in [0.1, 0.15) is 10.4 Å². The lowest BCUT2D eigenvalue weighted by Crippen LogP contribution is -2.47. The molecule has 0 unspecified atom stereocenters. The summed E-state index contributed by atoms with van der Waals surface area (Å²) in [6, 6.07) is 0. The molecule has 1 fully saturated rings. The van der Waals surface area contributed by atoms with E-state index in [1.165, 1.54) is 0 Å². The first kappa shape index (κ1) is 7.27. The summed E-state index contributed by atoms with van der Waals surface area (Å²) in [5.74, 6) is 0.565. The molecule has 5 heteroatoms. The molecule has 0 aliphatic carbocycles. The second kappa shape index (κ2) is 2.30. The van der Waals surface area contributed by atoms with E-state index in [2.05, 4.69) is 25.9 Å². The molecular formula is C6H7BrN2O2. The van der Waals surface area contributed by atoms with Crippen LogP contribution in [0.25, 0.3) is 0 Å². The molecule has 0 atom stereocenters. The molecule has 2 heterocycles. The summed E-state index contributed by atoms with van der Waals surface area (Å²) in [5, 5.41) is 9.66. The Balaban J connectivity index is 2.28. The van der Waals surface area contributed by atoms with Crippen molar-refractivity contribution in [3.8, 4) is 0 Å². The van der Waals surface area contributed by atoms with Gasteiger partial charge < -0.3 is 14.8 Å². The van der Waals surface area contributed by atoms with E-state index < -0.39 is 5.60 Å². The van der Waals surface area contributed by atoms with Crippen molar-refractivity contribution in [2.75, 3.05) is 13.2 Å². The van der Waals surface area contributed by atoms with E-state index in [0.717, 1.165) is 4.60 Å². The first-order chi connectivity index (χ1) is 5.21. The van der Waals surface area contributed by atoms with Gasteiger partial charge in [0.25, 0.3) is 0 Å². The maximum Gasteiger partial charge on any atom is 0.168 e. The van der Waals surface area contributed by atoms with Crippen LogP contribution >= 0.6 is 15.9 Å². The molecule has 2 N–H and O–H groups in total. The van der Waals surface area contributed by atoms with Gasteiger partial charge in [-0.05, 0) is 15.9 Å². The molecule has 11 heavy (non-hydrogen) atoms. The van der Waals surface area contributed by atoms with Crippen molar-refractivity contribution in [3.63, 3.8) is 0 Å². The van der Waals surface area contributed by atoms with Gasteiger partial charge in [-0.1, -0.05) is 0 Å². The molecule has 0 spiro atoms. The Kier molecular flexibility index (Phi) is 1.52. The molecule has 1 aromatic rings. The molecule has 0 saturated carbocycles. The second-order valence-corrected chi connectivity index (χ2v) is 3.46. The Morgan fingerprint density at radius 2 is 2.45 bits per heavy atom. The number of imidazole rings is 1. The number of H-pyrrole nitrogens is 1. The molecule has 0 amide bonds. The third-order valence-electron chi connectivity index (χ3n) is 1.67. The van der Waals surface area contributed by atoms with Crippen LogP contribution in [-0.2, 0) is 10.3 Å². The summed E-state index contributed by atoms with van der Waals surface area (Å²) >= 11 is 3.21. The first-order valence-corrected chi connectivity index (χ1v) is 4.01. The number of aliphatic hydroxyl groups is 1. The first-order valence-electron chi connectivity index (χ1n) is 3.22. The van der Waals surface area contributed by atoms with Crippen molar-refractivity contribution in [1.82, 2.24) is 9.97 Å². The van der Waals surface area contributed by atoms with Crippen LogP contribution in [0.2, 0.25) is 0 Å². The number of hydrogen-bond donors (Lipinski definition) is 2. The highest BCUT2D eigenvalue weighted by Gasteiger charge is 2.40. The van der Waals surface area contributed by atoms with Crippen LogP contribution in [0.1, 0.15) is 5.82 Å². The Bertz CT molecular complexity index is 269.